The van der Waals surface area contributed by atoms with E-state index in [1.165, 1.54) is 23.8 Å². The highest BCUT2D eigenvalue weighted by Gasteiger charge is 2.13. The molecule has 0 aliphatic heterocycles. The Kier molecular flexibility index (Phi) is 5.68. The van der Waals surface area contributed by atoms with Gasteiger partial charge in [0.25, 0.3) is 0 Å². The number of para-hydroxylation sites is 2. The fourth-order valence-corrected chi connectivity index (χ4v) is 3.44. The summed E-state index contributed by atoms with van der Waals surface area (Å²) in [7, 11) is 0. The molecule has 2 N–H and O–H groups in total. The maximum atomic E-state index is 13.3. The Morgan fingerprint density at radius 1 is 1.10 bits per heavy atom. The molecule has 7 heteroatoms. The second kappa shape index (κ2) is 8.55. The van der Waals surface area contributed by atoms with Crippen LogP contribution >= 0.6 is 11.6 Å². The van der Waals surface area contributed by atoms with Crippen LogP contribution < -0.4 is 10.6 Å². The molecule has 4 rings (SSSR count). The molecule has 0 unspecified atom stereocenters. The van der Waals surface area contributed by atoms with Crippen LogP contribution in [0.5, 0.6) is 0 Å². The Labute approximate surface area is 178 Å². The summed E-state index contributed by atoms with van der Waals surface area (Å²) >= 11 is 5.75. The largest absolute Gasteiger partial charge is 0.336 e. The number of imidazole rings is 1. The van der Waals surface area contributed by atoms with Gasteiger partial charge in [-0.1, -0.05) is 53.6 Å². The van der Waals surface area contributed by atoms with Crippen molar-refractivity contribution in [1.82, 2.24) is 14.9 Å². The van der Waals surface area contributed by atoms with Crippen molar-refractivity contribution in [1.29, 1.82) is 0 Å². The molecule has 0 spiro atoms. The first kappa shape index (κ1) is 19.9. The number of urea groups is 1. The zero-order valence-corrected chi connectivity index (χ0v) is 17.1. The number of carbonyl (C=O) groups is 1. The Morgan fingerprint density at radius 3 is 2.63 bits per heavy atom. The van der Waals surface area contributed by atoms with Gasteiger partial charge in [0.15, 0.2) is 0 Å². The van der Waals surface area contributed by atoms with Gasteiger partial charge in [-0.15, -0.1) is 0 Å². The number of nitrogens with one attached hydrogen (secondary N) is 2. The van der Waals surface area contributed by atoms with E-state index in [1.54, 1.807) is 0 Å². The lowest BCUT2D eigenvalue weighted by Crippen LogP contribution is -2.31. The molecule has 1 heterocycles. The number of aromatic nitrogens is 2. The number of anilines is 1. The van der Waals surface area contributed by atoms with Gasteiger partial charge >= 0.3 is 6.03 Å². The molecule has 0 fully saturated rings. The van der Waals surface area contributed by atoms with Crippen molar-refractivity contribution in [3.8, 4) is 11.4 Å². The predicted molar refractivity (Wildman–Crippen MR) is 118 cm³/mol. The van der Waals surface area contributed by atoms with E-state index in [0.29, 0.717) is 18.8 Å². The molecule has 5 nitrogen and oxygen atoms in total. The first-order chi connectivity index (χ1) is 14.5. The molecule has 1 aromatic heterocycles. The number of rotatable bonds is 5. The van der Waals surface area contributed by atoms with Gasteiger partial charge in [0.1, 0.15) is 11.6 Å². The number of fused-ring (bicyclic) bond motifs is 1. The second-order valence-corrected chi connectivity index (χ2v) is 7.36. The van der Waals surface area contributed by atoms with E-state index in [0.717, 1.165) is 22.4 Å². The third kappa shape index (κ3) is 4.28. The molecular weight excluding hydrogens is 403 g/mol. The van der Waals surface area contributed by atoms with Crippen LogP contribution in [-0.4, -0.2) is 22.1 Å². The Balaban J connectivity index is 1.49. The van der Waals surface area contributed by atoms with Gasteiger partial charge in [-0.2, -0.15) is 0 Å². The summed E-state index contributed by atoms with van der Waals surface area (Å²) in [5.41, 5.74) is 4.52. The Bertz CT molecular complexity index is 1200. The zero-order valence-electron chi connectivity index (χ0n) is 16.3. The SMILES string of the molecule is Cc1ccc(-c2nc3ccccc3n2CCNC(=O)Nc2ccc(F)c(Cl)c2)cc1. The lowest BCUT2D eigenvalue weighted by atomic mass is 10.1. The second-order valence-electron chi connectivity index (χ2n) is 6.95. The molecule has 0 bridgehead atoms. The molecule has 0 aliphatic rings. The van der Waals surface area contributed by atoms with Crippen molar-refractivity contribution >= 4 is 34.4 Å². The lowest BCUT2D eigenvalue weighted by molar-refractivity contribution is 0.251. The van der Waals surface area contributed by atoms with Crippen molar-refractivity contribution in [2.45, 2.75) is 13.5 Å². The quantitative estimate of drug-likeness (QED) is 0.438. The smallest absolute Gasteiger partial charge is 0.319 e. The van der Waals surface area contributed by atoms with Crippen LogP contribution in [-0.2, 0) is 6.54 Å². The molecule has 3 aromatic carbocycles. The Morgan fingerprint density at radius 2 is 1.87 bits per heavy atom. The van der Waals surface area contributed by atoms with Gasteiger partial charge in [0, 0.05) is 24.3 Å². The summed E-state index contributed by atoms with van der Waals surface area (Å²) in [4.78, 5) is 17.0. The molecule has 0 atom stereocenters. The van der Waals surface area contributed by atoms with Crippen LogP contribution in [0.25, 0.3) is 22.4 Å². The molecule has 0 radical (unpaired) electrons. The normalized spacial score (nSPS) is 10.9. The summed E-state index contributed by atoms with van der Waals surface area (Å²) in [6.45, 7) is 2.98. The predicted octanol–water partition coefficient (Wildman–Crippen LogP) is 5.63. The van der Waals surface area contributed by atoms with Gasteiger partial charge in [-0.25, -0.2) is 14.2 Å². The van der Waals surface area contributed by atoms with Gasteiger partial charge in [0.2, 0.25) is 0 Å². The van der Waals surface area contributed by atoms with Crippen molar-refractivity contribution < 1.29 is 9.18 Å². The van der Waals surface area contributed by atoms with Gasteiger partial charge < -0.3 is 15.2 Å². The van der Waals surface area contributed by atoms with Crippen molar-refractivity contribution in [2.24, 2.45) is 0 Å². The van der Waals surface area contributed by atoms with Crippen molar-refractivity contribution in [3.05, 3.63) is 83.1 Å². The van der Waals surface area contributed by atoms with Crippen LogP contribution in [0.15, 0.2) is 66.7 Å². The number of nitrogens with zero attached hydrogens (tertiary/aromatic N) is 2. The third-order valence-electron chi connectivity index (χ3n) is 4.76. The standard InChI is InChI=1S/C23H20ClFN4O/c1-15-6-8-16(9-7-15)22-28-20-4-2-3-5-21(20)29(22)13-12-26-23(30)27-17-10-11-19(25)18(24)14-17/h2-11,14H,12-13H2,1H3,(H2,26,27,30). The fraction of sp³-hybridized carbons (Fsp3) is 0.130. The maximum absolute atomic E-state index is 13.3. The monoisotopic (exact) mass is 422 g/mol. The molecule has 0 saturated carbocycles. The van der Waals surface area contributed by atoms with Gasteiger partial charge in [-0.3, -0.25) is 0 Å². The van der Waals surface area contributed by atoms with E-state index in [4.69, 9.17) is 16.6 Å². The van der Waals surface area contributed by atoms with Crippen molar-refractivity contribution in [3.63, 3.8) is 0 Å². The highest BCUT2D eigenvalue weighted by Crippen LogP contribution is 2.25. The number of hydrogen-bond donors (Lipinski definition) is 2. The first-order valence-corrected chi connectivity index (χ1v) is 9.91. The van der Waals surface area contributed by atoms with Crippen LogP contribution in [0.4, 0.5) is 14.9 Å². The molecule has 152 valence electrons. The van der Waals surface area contributed by atoms with E-state index in [1.807, 2.05) is 43.3 Å². The number of benzene rings is 3. The minimum absolute atomic E-state index is 0.0413. The topological polar surface area (TPSA) is 59.0 Å². The summed E-state index contributed by atoms with van der Waals surface area (Å²) in [5.74, 6) is 0.321. The van der Waals surface area contributed by atoms with Crippen LogP contribution in [0, 0.1) is 12.7 Å². The summed E-state index contributed by atoms with van der Waals surface area (Å²) < 4.78 is 15.3. The number of aryl methyl sites for hydroxylation is 1. The van der Waals surface area contributed by atoms with Crippen LogP contribution in [0.2, 0.25) is 5.02 Å². The minimum atomic E-state index is -0.529. The fourth-order valence-electron chi connectivity index (χ4n) is 3.26. The molecule has 0 saturated heterocycles. The minimum Gasteiger partial charge on any atom is -0.336 e. The lowest BCUT2D eigenvalue weighted by Gasteiger charge is -2.12. The van der Waals surface area contributed by atoms with Crippen LogP contribution in [0.3, 0.4) is 0 Å². The van der Waals surface area contributed by atoms with E-state index < -0.39 is 5.82 Å². The number of amides is 2. The highest BCUT2D eigenvalue weighted by molar-refractivity contribution is 6.31. The average Bonchev–Trinajstić information content (AvgIpc) is 3.10. The number of halogens is 2. The molecule has 30 heavy (non-hydrogen) atoms. The number of hydrogen-bond acceptors (Lipinski definition) is 2. The van der Waals surface area contributed by atoms with Crippen molar-refractivity contribution in [2.75, 3.05) is 11.9 Å². The summed E-state index contributed by atoms with van der Waals surface area (Å²) in [6.07, 6.45) is 0. The van der Waals surface area contributed by atoms with Crippen LogP contribution in [0.1, 0.15) is 5.56 Å². The third-order valence-corrected chi connectivity index (χ3v) is 5.05. The molecule has 4 aromatic rings. The Hall–Kier alpha value is -3.38. The maximum Gasteiger partial charge on any atom is 0.319 e. The van der Waals surface area contributed by atoms with Gasteiger partial charge in [-0.05, 0) is 37.3 Å². The summed E-state index contributed by atoms with van der Waals surface area (Å²) in [6, 6.07) is 19.8. The molecule has 0 aliphatic carbocycles. The highest BCUT2D eigenvalue weighted by atomic mass is 35.5. The molecule has 2 amide bonds. The van der Waals surface area contributed by atoms with E-state index in [-0.39, 0.29) is 11.1 Å². The van der Waals surface area contributed by atoms with Gasteiger partial charge in [0.05, 0.1) is 16.1 Å². The van der Waals surface area contributed by atoms with E-state index in [2.05, 4.69) is 27.3 Å². The molecular formula is C23H20ClFN4O. The number of carbonyl (C=O) groups excluding carboxylic acids is 1. The van der Waals surface area contributed by atoms with E-state index in [9.17, 15) is 9.18 Å². The summed E-state index contributed by atoms with van der Waals surface area (Å²) in [5, 5.41) is 5.43. The zero-order chi connectivity index (χ0) is 21.1. The average molecular weight is 423 g/mol. The first-order valence-electron chi connectivity index (χ1n) is 9.53. The van der Waals surface area contributed by atoms with E-state index >= 15 is 0 Å².